The van der Waals surface area contributed by atoms with E-state index in [2.05, 4.69) is 12.2 Å². The second-order valence-electron chi connectivity index (χ2n) is 4.49. The summed E-state index contributed by atoms with van der Waals surface area (Å²) in [7, 11) is 0. The number of aliphatic hydroxyl groups is 2. The molecule has 0 heterocycles. The van der Waals surface area contributed by atoms with Crippen LogP contribution in [0.4, 0.5) is 0 Å². The van der Waals surface area contributed by atoms with E-state index in [-0.39, 0.29) is 12.8 Å². The van der Waals surface area contributed by atoms with Crippen molar-refractivity contribution in [2.24, 2.45) is 5.73 Å². The van der Waals surface area contributed by atoms with Crippen molar-refractivity contribution in [1.29, 1.82) is 0 Å². The third-order valence-corrected chi connectivity index (χ3v) is 3.55. The molecule has 0 saturated carbocycles. The number of aryl methyl sites for hydroxylation is 1. The predicted octanol–water partition coefficient (Wildman–Crippen LogP) is 1.54. The lowest BCUT2D eigenvalue weighted by Crippen LogP contribution is -2.62. The Bertz CT molecular complexity index is 449. The Hall–Kier alpha value is -1.30. The molecule has 0 aliphatic rings. The Kier molecular flexibility index (Phi) is 5.60. The molecule has 0 spiro atoms. The number of benzene rings is 1. The second-order valence-corrected chi connectivity index (χ2v) is 4.88. The summed E-state index contributed by atoms with van der Waals surface area (Å²) < 4.78 is 0. The van der Waals surface area contributed by atoms with Gasteiger partial charge in [-0.3, -0.25) is 4.79 Å². The zero-order valence-corrected chi connectivity index (χ0v) is 11.7. The van der Waals surface area contributed by atoms with Crippen molar-refractivity contribution >= 4 is 23.1 Å². The highest BCUT2D eigenvalue weighted by molar-refractivity contribution is 7.80. The van der Waals surface area contributed by atoms with Gasteiger partial charge in [0.2, 0.25) is 0 Å². The summed E-state index contributed by atoms with van der Waals surface area (Å²) in [5.41, 5.74) is 4.99. The summed E-state index contributed by atoms with van der Waals surface area (Å²) in [6.45, 7) is 1.62. The van der Waals surface area contributed by atoms with Gasteiger partial charge in [0, 0.05) is 6.42 Å². The average molecular weight is 281 g/mol. The van der Waals surface area contributed by atoms with Crippen LogP contribution in [0.1, 0.15) is 25.3 Å². The maximum atomic E-state index is 11.8. The summed E-state index contributed by atoms with van der Waals surface area (Å²) in [6.07, 6.45) is -0.273. The second kappa shape index (κ2) is 6.75. The molecule has 0 bridgehead atoms. The van der Waals surface area contributed by atoms with Crippen molar-refractivity contribution in [2.75, 3.05) is 0 Å². The van der Waals surface area contributed by atoms with Crippen LogP contribution in [0, 0.1) is 0 Å². The monoisotopic (exact) mass is 281 g/mol. The number of hydrogen-bond donors (Lipinski definition) is 3. The standard InChI is InChI=1S/C14H19NO3S/c1-2-11(16)14(15,13(18)19)12(17)9-8-10-6-4-3-5-7-10/h3-7,12,17H,2,8-9,15H2,1H3,(H,18,19). The third kappa shape index (κ3) is 3.59. The highest BCUT2D eigenvalue weighted by Gasteiger charge is 2.44. The quantitative estimate of drug-likeness (QED) is 0.660. The highest BCUT2D eigenvalue weighted by atomic mass is 32.1. The van der Waals surface area contributed by atoms with E-state index in [1.807, 2.05) is 30.3 Å². The zero-order chi connectivity index (χ0) is 14.5. The predicted molar refractivity (Wildman–Crippen MR) is 78.2 cm³/mol. The van der Waals surface area contributed by atoms with Crippen molar-refractivity contribution < 1.29 is 15.0 Å². The van der Waals surface area contributed by atoms with Gasteiger partial charge in [-0.05, 0) is 30.6 Å². The molecule has 4 N–H and O–H groups in total. The number of hydrogen-bond acceptors (Lipinski definition) is 4. The smallest absolute Gasteiger partial charge is 0.187 e. The lowest BCUT2D eigenvalue weighted by atomic mass is 9.85. The minimum atomic E-state index is -1.85. The van der Waals surface area contributed by atoms with E-state index in [0.717, 1.165) is 5.56 Å². The maximum Gasteiger partial charge on any atom is 0.187 e. The summed E-state index contributed by atoms with van der Waals surface area (Å²) >= 11 is 4.63. The molecule has 0 aliphatic heterocycles. The van der Waals surface area contributed by atoms with Gasteiger partial charge in [-0.15, -0.1) is 0 Å². The van der Waals surface area contributed by atoms with Gasteiger partial charge in [0.25, 0.3) is 0 Å². The van der Waals surface area contributed by atoms with Crippen LogP contribution in [0.5, 0.6) is 0 Å². The first-order chi connectivity index (χ1) is 8.92. The van der Waals surface area contributed by atoms with E-state index >= 15 is 0 Å². The Morgan fingerprint density at radius 1 is 1.42 bits per heavy atom. The SMILES string of the molecule is CCC(=O)C(N)(C(O)=S)C(O)CCc1ccccc1. The Labute approximate surface area is 118 Å². The van der Waals surface area contributed by atoms with Gasteiger partial charge in [-0.1, -0.05) is 37.3 Å². The van der Waals surface area contributed by atoms with E-state index in [4.69, 9.17) is 5.73 Å². The molecular formula is C14H19NO3S. The van der Waals surface area contributed by atoms with Crippen LogP contribution < -0.4 is 5.73 Å². The first-order valence-corrected chi connectivity index (χ1v) is 6.61. The molecule has 19 heavy (non-hydrogen) atoms. The van der Waals surface area contributed by atoms with E-state index in [1.165, 1.54) is 0 Å². The number of ketones is 1. The summed E-state index contributed by atoms with van der Waals surface area (Å²) in [5, 5.41) is 18.9. The number of nitrogens with two attached hydrogens (primary N) is 1. The van der Waals surface area contributed by atoms with Crippen molar-refractivity contribution in [3.05, 3.63) is 35.9 Å². The van der Waals surface area contributed by atoms with Gasteiger partial charge >= 0.3 is 0 Å². The van der Waals surface area contributed by atoms with Crippen molar-refractivity contribution in [1.82, 2.24) is 0 Å². The normalized spacial score (nSPS) is 15.5. The van der Waals surface area contributed by atoms with E-state index < -0.39 is 22.5 Å². The van der Waals surface area contributed by atoms with Crippen molar-refractivity contribution in [3.63, 3.8) is 0 Å². The van der Waals surface area contributed by atoms with E-state index in [1.54, 1.807) is 6.92 Å². The first kappa shape index (κ1) is 15.8. The molecule has 0 aliphatic carbocycles. The lowest BCUT2D eigenvalue weighted by molar-refractivity contribution is -0.125. The van der Waals surface area contributed by atoms with Crippen LogP contribution in [-0.2, 0) is 11.2 Å². The van der Waals surface area contributed by atoms with Gasteiger partial charge in [0.05, 0.1) is 6.10 Å². The van der Waals surface area contributed by atoms with Crippen molar-refractivity contribution in [2.45, 2.75) is 37.8 Å². The molecule has 0 saturated heterocycles. The minimum absolute atomic E-state index is 0.111. The van der Waals surface area contributed by atoms with E-state index in [0.29, 0.717) is 6.42 Å². The fraction of sp³-hybridized carbons (Fsp3) is 0.429. The number of aliphatic hydroxyl groups excluding tert-OH is 2. The molecule has 5 heteroatoms. The minimum Gasteiger partial charge on any atom is -0.500 e. The summed E-state index contributed by atoms with van der Waals surface area (Å²) in [6, 6.07) is 9.53. The van der Waals surface area contributed by atoms with Crippen LogP contribution in [0.2, 0.25) is 0 Å². The van der Waals surface area contributed by atoms with Crippen molar-refractivity contribution in [3.8, 4) is 0 Å². The first-order valence-electron chi connectivity index (χ1n) is 6.20. The Morgan fingerprint density at radius 3 is 2.47 bits per heavy atom. The number of rotatable bonds is 7. The van der Waals surface area contributed by atoms with Crippen LogP contribution >= 0.6 is 12.2 Å². The van der Waals surface area contributed by atoms with Gasteiger partial charge in [0.1, 0.15) is 0 Å². The van der Waals surface area contributed by atoms with Gasteiger partial charge < -0.3 is 15.9 Å². The third-order valence-electron chi connectivity index (χ3n) is 3.21. The maximum absolute atomic E-state index is 11.8. The summed E-state index contributed by atoms with van der Waals surface area (Å²) in [5.74, 6) is -0.458. The Balaban J connectivity index is 2.76. The van der Waals surface area contributed by atoms with Gasteiger partial charge in [-0.2, -0.15) is 0 Å². The summed E-state index contributed by atoms with van der Waals surface area (Å²) in [4.78, 5) is 11.8. The molecule has 4 nitrogen and oxygen atoms in total. The largest absolute Gasteiger partial charge is 0.500 e. The number of thiocarbonyl (C=S) groups is 1. The topological polar surface area (TPSA) is 83.6 Å². The highest BCUT2D eigenvalue weighted by Crippen LogP contribution is 2.18. The molecule has 1 aromatic carbocycles. The van der Waals surface area contributed by atoms with Crippen LogP contribution in [0.25, 0.3) is 0 Å². The molecular weight excluding hydrogens is 262 g/mol. The van der Waals surface area contributed by atoms with Crippen LogP contribution in [-0.4, -0.2) is 32.7 Å². The number of carbonyl (C=O) groups excluding carboxylic acids is 1. The van der Waals surface area contributed by atoms with E-state index in [9.17, 15) is 15.0 Å². The van der Waals surface area contributed by atoms with Crippen LogP contribution in [0.15, 0.2) is 30.3 Å². The van der Waals surface area contributed by atoms with Crippen LogP contribution in [0.3, 0.4) is 0 Å². The molecule has 0 radical (unpaired) electrons. The zero-order valence-electron chi connectivity index (χ0n) is 10.9. The average Bonchev–Trinajstić information content (AvgIpc) is 2.43. The molecule has 0 amide bonds. The Morgan fingerprint density at radius 2 is 2.00 bits per heavy atom. The molecule has 0 fully saturated rings. The fourth-order valence-corrected chi connectivity index (χ4v) is 2.17. The molecule has 1 aromatic rings. The molecule has 104 valence electrons. The fourth-order valence-electron chi connectivity index (χ4n) is 1.92. The molecule has 0 aromatic heterocycles. The number of Topliss-reactive ketones (excluding diaryl/α,β-unsaturated/α-hetero) is 1. The van der Waals surface area contributed by atoms with Gasteiger partial charge in [0.15, 0.2) is 16.4 Å². The molecule has 2 atom stereocenters. The van der Waals surface area contributed by atoms with Gasteiger partial charge in [-0.25, -0.2) is 0 Å². The number of carbonyl (C=O) groups is 1. The molecule has 2 unspecified atom stereocenters. The molecule has 1 rings (SSSR count). The lowest BCUT2D eigenvalue weighted by Gasteiger charge is -2.30.